The number of aromatic nitrogens is 8. The van der Waals surface area contributed by atoms with Gasteiger partial charge in [0, 0.05) is 31.7 Å². The highest BCUT2D eigenvalue weighted by molar-refractivity contribution is 6.07. The van der Waals surface area contributed by atoms with Gasteiger partial charge in [-0.1, -0.05) is 24.3 Å². The third kappa shape index (κ3) is 3.45. The molecular weight excluding hydrogens is 396 g/mol. The van der Waals surface area contributed by atoms with E-state index in [1.165, 1.54) is 0 Å². The number of rotatable bonds is 6. The molecule has 1 amide bonds. The van der Waals surface area contributed by atoms with Crippen LogP contribution in [0.3, 0.4) is 0 Å². The summed E-state index contributed by atoms with van der Waals surface area (Å²) < 4.78 is 2.00. The highest BCUT2D eigenvalue weighted by Crippen LogP contribution is 2.31. The quantitative estimate of drug-likeness (QED) is 0.329. The Morgan fingerprint density at radius 1 is 1.23 bits per heavy atom. The molecule has 0 aliphatic carbocycles. The van der Waals surface area contributed by atoms with Crippen LogP contribution >= 0.6 is 0 Å². The van der Waals surface area contributed by atoms with Gasteiger partial charge >= 0.3 is 0 Å². The first-order valence-electron chi connectivity index (χ1n) is 9.72. The van der Waals surface area contributed by atoms with Crippen molar-refractivity contribution in [1.29, 1.82) is 0 Å². The molecule has 0 bridgehead atoms. The molecule has 0 aliphatic heterocycles. The number of pyridine rings is 1. The fourth-order valence-corrected chi connectivity index (χ4v) is 3.60. The topological polar surface area (TPSA) is 142 Å². The Balaban J connectivity index is 1.36. The van der Waals surface area contributed by atoms with Crippen LogP contribution in [0.1, 0.15) is 11.4 Å². The molecule has 0 unspecified atom stereocenters. The number of imidazole rings is 1. The summed E-state index contributed by atoms with van der Waals surface area (Å²) in [4.78, 5) is 24.5. The molecule has 156 valence electrons. The molecule has 11 heteroatoms. The van der Waals surface area contributed by atoms with Gasteiger partial charge in [-0.05, 0) is 27.6 Å². The van der Waals surface area contributed by atoms with Gasteiger partial charge in [-0.3, -0.25) is 4.79 Å². The van der Waals surface area contributed by atoms with Crippen LogP contribution in [-0.4, -0.2) is 53.1 Å². The van der Waals surface area contributed by atoms with Gasteiger partial charge in [-0.15, -0.1) is 5.10 Å². The fraction of sp³-hybridized carbons (Fsp3) is 0.200. The Kier molecular flexibility index (Phi) is 4.54. The monoisotopic (exact) mass is 416 g/mol. The zero-order chi connectivity index (χ0) is 21.4. The van der Waals surface area contributed by atoms with E-state index in [0.29, 0.717) is 12.4 Å². The summed E-state index contributed by atoms with van der Waals surface area (Å²) in [5.41, 5.74) is 5.66. The predicted molar refractivity (Wildman–Crippen MR) is 115 cm³/mol. The number of carbonyl (C=O) groups is 1. The summed E-state index contributed by atoms with van der Waals surface area (Å²) >= 11 is 0. The van der Waals surface area contributed by atoms with Crippen LogP contribution < -0.4 is 10.6 Å². The van der Waals surface area contributed by atoms with Crippen molar-refractivity contribution in [2.45, 2.75) is 13.0 Å². The SMILES string of the molecule is CNc1nc2[nH]c(-c3ccc(CNC(=O)Cc4nnn[nH]4)cc3)cc2c2c1ncn2C. The summed E-state index contributed by atoms with van der Waals surface area (Å²) in [5, 5.41) is 20.2. The van der Waals surface area contributed by atoms with E-state index in [0.717, 1.165) is 44.7 Å². The Bertz CT molecular complexity index is 1370. The molecule has 0 saturated heterocycles. The number of hydrogen-bond acceptors (Lipinski definition) is 7. The molecule has 11 nitrogen and oxygen atoms in total. The van der Waals surface area contributed by atoms with Crippen LogP contribution in [0.5, 0.6) is 0 Å². The highest BCUT2D eigenvalue weighted by atomic mass is 16.1. The average Bonchev–Trinajstić information content (AvgIpc) is 3.52. The van der Waals surface area contributed by atoms with Gasteiger partial charge in [0.2, 0.25) is 5.91 Å². The number of aryl methyl sites for hydroxylation is 1. The largest absolute Gasteiger partial charge is 0.371 e. The Morgan fingerprint density at radius 3 is 2.81 bits per heavy atom. The number of amides is 1. The number of benzene rings is 1. The predicted octanol–water partition coefficient (Wildman–Crippen LogP) is 1.53. The molecule has 0 atom stereocenters. The number of aromatic amines is 2. The number of hydrogen-bond donors (Lipinski definition) is 4. The Morgan fingerprint density at radius 2 is 2.06 bits per heavy atom. The second-order valence-corrected chi connectivity index (χ2v) is 7.21. The summed E-state index contributed by atoms with van der Waals surface area (Å²) in [5.74, 6) is 1.03. The van der Waals surface area contributed by atoms with Gasteiger partial charge in [0.05, 0.1) is 18.3 Å². The first-order chi connectivity index (χ1) is 15.1. The molecule has 4 heterocycles. The van der Waals surface area contributed by atoms with E-state index in [1.54, 1.807) is 6.33 Å². The first-order valence-corrected chi connectivity index (χ1v) is 9.72. The molecule has 5 aromatic rings. The molecular formula is C20H20N10O. The lowest BCUT2D eigenvalue weighted by Gasteiger charge is -2.05. The van der Waals surface area contributed by atoms with Crippen LogP contribution in [0.25, 0.3) is 33.3 Å². The van der Waals surface area contributed by atoms with Gasteiger partial charge in [-0.2, -0.15) is 0 Å². The molecule has 0 aliphatic rings. The van der Waals surface area contributed by atoms with Crippen molar-refractivity contribution in [3.05, 3.63) is 48.0 Å². The van der Waals surface area contributed by atoms with Crippen molar-refractivity contribution in [3.8, 4) is 11.3 Å². The average molecular weight is 416 g/mol. The Hall–Kier alpha value is -4.28. The van der Waals surface area contributed by atoms with Crippen molar-refractivity contribution >= 4 is 33.8 Å². The third-order valence-electron chi connectivity index (χ3n) is 5.15. The van der Waals surface area contributed by atoms with E-state index < -0.39 is 0 Å². The van der Waals surface area contributed by atoms with Crippen molar-refractivity contribution in [2.75, 3.05) is 12.4 Å². The van der Waals surface area contributed by atoms with Crippen molar-refractivity contribution in [3.63, 3.8) is 0 Å². The molecule has 0 radical (unpaired) electrons. The molecule has 31 heavy (non-hydrogen) atoms. The van der Waals surface area contributed by atoms with Crippen molar-refractivity contribution < 1.29 is 4.79 Å². The molecule has 5 rings (SSSR count). The summed E-state index contributed by atoms with van der Waals surface area (Å²) in [6.07, 6.45) is 1.91. The number of H-pyrrole nitrogens is 2. The minimum atomic E-state index is -0.148. The lowest BCUT2D eigenvalue weighted by Crippen LogP contribution is -2.25. The number of carbonyl (C=O) groups excluding carboxylic acids is 1. The summed E-state index contributed by atoms with van der Waals surface area (Å²) in [7, 11) is 3.81. The van der Waals surface area contributed by atoms with Gasteiger partial charge in [-0.25, -0.2) is 15.1 Å². The zero-order valence-corrected chi connectivity index (χ0v) is 17.0. The minimum Gasteiger partial charge on any atom is -0.371 e. The van der Waals surface area contributed by atoms with E-state index in [2.05, 4.69) is 52.3 Å². The lowest BCUT2D eigenvalue weighted by molar-refractivity contribution is -0.120. The lowest BCUT2D eigenvalue weighted by atomic mass is 10.1. The van der Waals surface area contributed by atoms with E-state index in [-0.39, 0.29) is 12.3 Å². The van der Waals surface area contributed by atoms with E-state index >= 15 is 0 Å². The molecule has 0 fully saturated rings. The van der Waals surface area contributed by atoms with Gasteiger partial charge in [0.15, 0.2) is 11.6 Å². The van der Waals surface area contributed by atoms with Gasteiger partial charge in [0.1, 0.15) is 11.2 Å². The maximum Gasteiger partial charge on any atom is 0.227 e. The van der Waals surface area contributed by atoms with Crippen molar-refractivity contribution in [2.24, 2.45) is 7.05 Å². The molecule has 1 aromatic carbocycles. The van der Waals surface area contributed by atoms with Gasteiger partial charge < -0.3 is 20.2 Å². The zero-order valence-electron chi connectivity index (χ0n) is 17.0. The fourth-order valence-electron chi connectivity index (χ4n) is 3.60. The number of anilines is 1. The van der Waals surface area contributed by atoms with Crippen LogP contribution in [0, 0.1) is 0 Å². The number of nitrogens with one attached hydrogen (secondary N) is 4. The van der Waals surface area contributed by atoms with Gasteiger partial charge in [0.25, 0.3) is 0 Å². The van der Waals surface area contributed by atoms with Crippen LogP contribution in [0.2, 0.25) is 0 Å². The van der Waals surface area contributed by atoms with E-state index in [4.69, 9.17) is 0 Å². The van der Waals surface area contributed by atoms with Crippen LogP contribution in [0.4, 0.5) is 5.82 Å². The number of nitrogens with zero attached hydrogens (tertiary/aromatic N) is 6. The second kappa shape index (κ2) is 7.52. The number of fused-ring (bicyclic) bond motifs is 3. The van der Waals surface area contributed by atoms with E-state index in [9.17, 15) is 4.79 Å². The maximum absolute atomic E-state index is 12.0. The standard InChI is InChI=1S/C20H20N10O/c1-21-20-17-18(30(2)10-23-17)13-7-14(24-19(13)25-20)12-5-3-11(4-6-12)9-22-16(31)8-15-26-28-29-27-15/h3-7,10H,8-9H2,1-2H3,(H,22,31)(H2,21,24,25)(H,26,27,28,29). The maximum atomic E-state index is 12.0. The normalized spacial score (nSPS) is 11.3. The van der Waals surface area contributed by atoms with Crippen LogP contribution in [-0.2, 0) is 24.8 Å². The van der Waals surface area contributed by atoms with E-state index in [1.807, 2.05) is 42.9 Å². The number of tetrazole rings is 1. The smallest absolute Gasteiger partial charge is 0.227 e. The van der Waals surface area contributed by atoms with Crippen LogP contribution in [0.15, 0.2) is 36.7 Å². The molecule has 0 spiro atoms. The minimum absolute atomic E-state index is 0.115. The second-order valence-electron chi connectivity index (χ2n) is 7.21. The summed E-state index contributed by atoms with van der Waals surface area (Å²) in [6, 6.07) is 10.1. The Labute approximate surface area is 176 Å². The highest BCUT2D eigenvalue weighted by Gasteiger charge is 2.15. The molecule has 0 saturated carbocycles. The molecule has 4 aromatic heterocycles. The molecule has 4 N–H and O–H groups in total. The summed E-state index contributed by atoms with van der Waals surface area (Å²) in [6.45, 7) is 0.427. The first kappa shape index (κ1) is 18.7. The third-order valence-corrected chi connectivity index (χ3v) is 5.15. The van der Waals surface area contributed by atoms with Crippen molar-refractivity contribution in [1.82, 2.24) is 45.5 Å².